The van der Waals surface area contributed by atoms with Gasteiger partial charge in [0.15, 0.2) is 18.3 Å². The lowest BCUT2D eigenvalue weighted by Gasteiger charge is -2.35. The molecular weight excluding hydrogens is 546 g/mol. The summed E-state index contributed by atoms with van der Waals surface area (Å²) in [6.45, 7) is 6.22. The fourth-order valence-corrected chi connectivity index (χ4v) is 3.76. The number of carbonyl (C=O) groups is 5. The second-order valence-corrected chi connectivity index (χ2v) is 8.80. The van der Waals surface area contributed by atoms with Crippen molar-refractivity contribution < 1.29 is 47.7 Å². The zero-order chi connectivity index (χ0) is 30.9. The first-order valence-corrected chi connectivity index (χ1v) is 12.2. The summed E-state index contributed by atoms with van der Waals surface area (Å²) in [7, 11) is 0. The van der Waals surface area contributed by atoms with E-state index in [2.05, 4.69) is 4.98 Å². The molecule has 222 valence electrons. The Morgan fingerprint density at radius 2 is 1.39 bits per heavy atom. The molecule has 1 heterocycles. The van der Waals surface area contributed by atoms with Crippen LogP contribution in [0.15, 0.2) is 33.9 Å². The van der Waals surface area contributed by atoms with Gasteiger partial charge in [-0.05, 0) is 18.6 Å². The van der Waals surface area contributed by atoms with Crippen molar-refractivity contribution in [1.82, 2.24) is 9.97 Å². The van der Waals surface area contributed by atoms with Gasteiger partial charge in [0.1, 0.15) is 18.2 Å². The molecule has 0 aliphatic heterocycles. The number of aryl methyl sites for hydroxylation is 1. The Balaban J connectivity index is 2.74. The Morgan fingerprint density at radius 3 is 1.93 bits per heavy atom. The third kappa shape index (κ3) is 10.3. The maximum Gasteiger partial charge on any atom is 0.327 e. The summed E-state index contributed by atoms with van der Waals surface area (Å²) >= 11 is 0. The third-order valence-corrected chi connectivity index (χ3v) is 5.26. The summed E-state index contributed by atoms with van der Waals surface area (Å²) in [5.41, 5.74) is -0.808. The van der Waals surface area contributed by atoms with E-state index in [0.717, 1.165) is 33.8 Å². The molecule has 2 aromatic rings. The molecule has 0 radical (unpaired) electrons. The number of esters is 5. The number of benzene rings is 1. The average Bonchev–Trinajstić information content (AvgIpc) is 2.83. The van der Waals surface area contributed by atoms with Crippen LogP contribution in [0.3, 0.4) is 0 Å². The topological polar surface area (TPSA) is 200 Å². The zero-order valence-corrected chi connectivity index (χ0v) is 23.3. The van der Waals surface area contributed by atoms with Crippen molar-refractivity contribution in [2.45, 2.75) is 59.9 Å². The van der Waals surface area contributed by atoms with Crippen LogP contribution in [0.5, 0.6) is 5.75 Å². The van der Waals surface area contributed by atoms with Crippen LogP contribution in [0, 0.1) is 6.92 Å². The van der Waals surface area contributed by atoms with Gasteiger partial charge in [-0.25, -0.2) is 4.79 Å². The standard InChI is InChI=1S/C26H31N3O12/c1-13-7-8-19(9-20(13)38-15(3)31)29(23-10-24(35)28-26(36)27-23)11-21(39-16(4)32)25(41-18(6)34)22(40-17(5)33)12-37-14(2)30/h7-10,21-22,25H,11-12H2,1-6H3,(H2,27,28,35,36)/t21-,22+,25-/m0/s1. The summed E-state index contributed by atoms with van der Waals surface area (Å²) in [5, 5.41) is 0. The van der Waals surface area contributed by atoms with E-state index >= 15 is 0 Å². The molecule has 41 heavy (non-hydrogen) atoms. The number of carbonyl (C=O) groups excluding carboxylic acids is 5. The van der Waals surface area contributed by atoms with Crippen LogP contribution in [-0.2, 0) is 42.9 Å². The normalized spacial score (nSPS) is 12.7. The first-order valence-electron chi connectivity index (χ1n) is 12.2. The zero-order valence-electron chi connectivity index (χ0n) is 23.3. The number of rotatable bonds is 12. The van der Waals surface area contributed by atoms with E-state index in [9.17, 15) is 33.6 Å². The number of ether oxygens (including phenoxy) is 5. The smallest absolute Gasteiger partial charge is 0.327 e. The molecule has 2 N–H and O–H groups in total. The van der Waals surface area contributed by atoms with Gasteiger partial charge in [0, 0.05) is 52.4 Å². The first kappa shape index (κ1) is 32.3. The van der Waals surface area contributed by atoms with Gasteiger partial charge < -0.3 is 28.6 Å². The third-order valence-electron chi connectivity index (χ3n) is 5.26. The van der Waals surface area contributed by atoms with Crippen LogP contribution in [0.1, 0.15) is 40.2 Å². The molecule has 1 aromatic carbocycles. The Labute approximate surface area is 233 Å². The minimum Gasteiger partial charge on any atom is -0.462 e. The molecule has 1 aromatic heterocycles. The van der Waals surface area contributed by atoms with Gasteiger partial charge in [-0.3, -0.25) is 38.7 Å². The second-order valence-electron chi connectivity index (χ2n) is 8.80. The number of aromatic amines is 2. The molecule has 15 nitrogen and oxygen atoms in total. The van der Waals surface area contributed by atoms with Crippen molar-refractivity contribution in [3.8, 4) is 5.75 Å². The van der Waals surface area contributed by atoms with E-state index in [4.69, 9.17) is 23.7 Å². The minimum absolute atomic E-state index is 0.0841. The average molecular weight is 578 g/mol. The minimum atomic E-state index is -1.53. The summed E-state index contributed by atoms with van der Waals surface area (Å²) < 4.78 is 26.4. The highest BCUT2D eigenvalue weighted by Crippen LogP contribution is 2.30. The molecule has 15 heteroatoms. The number of hydrogen-bond donors (Lipinski definition) is 2. The summed E-state index contributed by atoms with van der Waals surface area (Å²) in [4.78, 5) is 89.6. The molecule has 0 bridgehead atoms. The lowest BCUT2D eigenvalue weighted by atomic mass is 10.1. The van der Waals surface area contributed by atoms with Gasteiger partial charge in [-0.2, -0.15) is 0 Å². The van der Waals surface area contributed by atoms with Crippen molar-refractivity contribution in [2.24, 2.45) is 0 Å². The van der Waals surface area contributed by atoms with Gasteiger partial charge in [0.25, 0.3) is 5.56 Å². The van der Waals surface area contributed by atoms with Crippen molar-refractivity contribution in [3.05, 3.63) is 50.7 Å². The lowest BCUT2D eigenvalue weighted by Crippen LogP contribution is -2.51. The van der Waals surface area contributed by atoms with E-state index in [1.54, 1.807) is 19.1 Å². The molecule has 0 amide bonds. The Hall–Kier alpha value is -4.95. The number of nitrogens with one attached hydrogen (secondary N) is 2. The lowest BCUT2D eigenvalue weighted by molar-refractivity contribution is -0.188. The number of hydrogen-bond acceptors (Lipinski definition) is 13. The van der Waals surface area contributed by atoms with E-state index in [1.807, 2.05) is 4.98 Å². The molecule has 0 unspecified atom stereocenters. The van der Waals surface area contributed by atoms with Crippen LogP contribution in [0.25, 0.3) is 0 Å². The van der Waals surface area contributed by atoms with E-state index < -0.39 is 72.6 Å². The van der Waals surface area contributed by atoms with Crippen LogP contribution in [-0.4, -0.2) is 71.3 Å². The van der Waals surface area contributed by atoms with Crippen molar-refractivity contribution in [1.29, 1.82) is 0 Å². The highest BCUT2D eigenvalue weighted by Gasteiger charge is 2.39. The number of aromatic nitrogens is 2. The molecule has 0 aliphatic rings. The van der Waals surface area contributed by atoms with Gasteiger partial charge >= 0.3 is 35.5 Å². The van der Waals surface area contributed by atoms with Crippen molar-refractivity contribution >= 4 is 41.4 Å². The van der Waals surface area contributed by atoms with Gasteiger partial charge in [0.2, 0.25) is 0 Å². The Morgan fingerprint density at radius 1 is 0.780 bits per heavy atom. The van der Waals surface area contributed by atoms with Gasteiger partial charge in [-0.15, -0.1) is 0 Å². The maximum atomic E-state index is 12.2. The molecule has 3 atom stereocenters. The van der Waals surface area contributed by atoms with Crippen LogP contribution in [0.4, 0.5) is 11.5 Å². The molecule has 0 aliphatic carbocycles. The molecule has 0 saturated carbocycles. The summed E-state index contributed by atoms with van der Waals surface area (Å²) in [5.74, 6) is -3.77. The van der Waals surface area contributed by atoms with E-state index in [1.165, 1.54) is 17.9 Å². The largest absolute Gasteiger partial charge is 0.462 e. The van der Waals surface area contributed by atoms with Crippen LogP contribution < -0.4 is 20.9 Å². The number of anilines is 2. The quantitative estimate of drug-likeness (QED) is 0.204. The van der Waals surface area contributed by atoms with Crippen molar-refractivity contribution in [2.75, 3.05) is 18.1 Å². The maximum absolute atomic E-state index is 12.2. The molecule has 2 rings (SSSR count). The first-order chi connectivity index (χ1) is 19.2. The predicted octanol–water partition coefficient (Wildman–Crippen LogP) is 0.793. The fourth-order valence-electron chi connectivity index (χ4n) is 3.76. The highest BCUT2D eigenvalue weighted by molar-refractivity contribution is 5.72. The highest BCUT2D eigenvalue weighted by atomic mass is 16.6. The summed E-state index contributed by atoms with van der Waals surface area (Å²) in [6, 6.07) is 5.64. The molecule has 0 saturated heterocycles. The Bertz CT molecular complexity index is 1380. The number of H-pyrrole nitrogens is 2. The molecule has 0 fully saturated rings. The summed E-state index contributed by atoms with van der Waals surface area (Å²) in [6.07, 6.45) is -4.41. The number of nitrogens with zero attached hydrogens (tertiary/aromatic N) is 1. The van der Waals surface area contributed by atoms with Crippen LogP contribution in [0.2, 0.25) is 0 Å². The second kappa shape index (κ2) is 14.4. The Kier molecular flexibility index (Phi) is 11.4. The van der Waals surface area contributed by atoms with Gasteiger partial charge in [0.05, 0.1) is 6.54 Å². The molecule has 0 spiro atoms. The van der Waals surface area contributed by atoms with Gasteiger partial charge in [-0.1, -0.05) is 6.07 Å². The van der Waals surface area contributed by atoms with E-state index in [0.29, 0.717) is 5.56 Å². The van der Waals surface area contributed by atoms with Crippen LogP contribution >= 0.6 is 0 Å². The predicted molar refractivity (Wildman–Crippen MR) is 140 cm³/mol. The monoisotopic (exact) mass is 577 g/mol. The SMILES string of the molecule is CC(=O)OC[C@@H](OC(C)=O)[C@@H](OC(C)=O)[C@H](CN(c1ccc(C)c(OC(C)=O)c1)c1cc(=O)[nH]c(=O)[nH]1)OC(C)=O. The van der Waals surface area contributed by atoms with Crippen molar-refractivity contribution in [3.63, 3.8) is 0 Å². The fraction of sp³-hybridized carbons (Fsp3) is 0.423. The van der Waals surface area contributed by atoms with E-state index in [-0.39, 0.29) is 17.3 Å². The molecular formula is C26H31N3O12.